The summed E-state index contributed by atoms with van der Waals surface area (Å²) in [5, 5.41) is 3.70. The van der Waals surface area contributed by atoms with Gasteiger partial charge in [0, 0.05) is 6.04 Å². The highest BCUT2D eigenvalue weighted by atomic mass is 32.2. The van der Waals surface area contributed by atoms with Gasteiger partial charge < -0.3 is 5.32 Å². The number of aryl methyl sites for hydroxylation is 1. The molecule has 2 atom stereocenters. The van der Waals surface area contributed by atoms with Gasteiger partial charge in [-0.05, 0) is 47.9 Å². The van der Waals surface area contributed by atoms with E-state index in [9.17, 15) is 0 Å². The van der Waals surface area contributed by atoms with Crippen LogP contribution in [0.25, 0.3) is 0 Å². The fourth-order valence-corrected chi connectivity index (χ4v) is 4.12. The van der Waals surface area contributed by atoms with Crippen LogP contribution in [0.2, 0.25) is 0 Å². The maximum Gasteiger partial charge on any atom is 0.0356 e. The summed E-state index contributed by atoms with van der Waals surface area (Å²) >= 11 is 2.11. The van der Waals surface area contributed by atoms with Crippen molar-refractivity contribution < 1.29 is 0 Å². The van der Waals surface area contributed by atoms with Crippen molar-refractivity contribution in [3.8, 4) is 0 Å². The third-order valence-corrected chi connectivity index (χ3v) is 4.90. The molecule has 0 spiro atoms. The monoisotopic (exact) mass is 263 g/mol. The molecule has 1 heterocycles. The van der Waals surface area contributed by atoms with E-state index in [4.69, 9.17) is 0 Å². The van der Waals surface area contributed by atoms with Gasteiger partial charge in [-0.1, -0.05) is 44.5 Å². The summed E-state index contributed by atoms with van der Waals surface area (Å²) in [4.78, 5) is 0. The van der Waals surface area contributed by atoms with Crippen molar-refractivity contribution >= 4 is 11.8 Å². The molecule has 2 heteroatoms. The molecule has 0 amide bonds. The van der Waals surface area contributed by atoms with Gasteiger partial charge >= 0.3 is 0 Å². The summed E-state index contributed by atoms with van der Waals surface area (Å²) in [5.41, 5.74) is 2.99. The van der Waals surface area contributed by atoms with E-state index in [0.717, 1.165) is 12.5 Å². The predicted octanol–water partition coefficient (Wildman–Crippen LogP) is 4.04. The van der Waals surface area contributed by atoms with Crippen molar-refractivity contribution in [1.82, 2.24) is 5.32 Å². The molecule has 1 aromatic carbocycles. The highest BCUT2D eigenvalue weighted by Crippen LogP contribution is 2.34. The summed E-state index contributed by atoms with van der Waals surface area (Å²) in [5.74, 6) is 3.46. The molecule has 1 saturated heterocycles. The first-order chi connectivity index (χ1) is 8.85. The van der Waals surface area contributed by atoms with E-state index in [0.29, 0.717) is 6.04 Å². The molecule has 0 aromatic heterocycles. The largest absolute Gasteiger partial charge is 0.310 e. The van der Waals surface area contributed by atoms with Crippen LogP contribution in [0.15, 0.2) is 24.3 Å². The second kappa shape index (κ2) is 7.20. The molecule has 1 fully saturated rings. The number of hydrogen-bond acceptors (Lipinski definition) is 2. The molecular weight excluding hydrogens is 238 g/mol. The molecule has 18 heavy (non-hydrogen) atoms. The van der Waals surface area contributed by atoms with Gasteiger partial charge in [0.15, 0.2) is 0 Å². The molecular formula is C16H25NS. The number of benzene rings is 1. The predicted molar refractivity (Wildman–Crippen MR) is 82.3 cm³/mol. The highest BCUT2D eigenvalue weighted by molar-refractivity contribution is 7.99. The molecule has 0 saturated carbocycles. The minimum atomic E-state index is 0.557. The van der Waals surface area contributed by atoms with Gasteiger partial charge in [-0.2, -0.15) is 11.8 Å². The first-order valence-electron chi connectivity index (χ1n) is 7.25. The molecule has 2 unspecified atom stereocenters. The Labute approximate surface area is 116 Å². The van der Waals surface area contributed by atoms with Crippen LogP contribution < -0.4 is 5.32 Å². The van der Waals surface area contributed by atoms with Crippen LogP contribution in [0.3, 0.4) is 0 Å². The number of nitrogens with one attached hydrogen (secondary N) is 1. The quantitative estimate of drug-likeness (QED) is 0.831. The normalized spacial score (nSPS) is 21.1. The van der Waals surface area contributed by atoms with Crippen molar-refractivity contribution in [1.29, 1.82) is 0 Å². The second-order valence-corrected chi connectivity index (χ2v) is 6.30. The van der Waals surface area contributed by atoms with Crippen LogP contribution >= 0.6 is 11.8 Å². The SMILES string of the molecule is CCCc1cccc(C(NCC)C2CCSC2)c1. The van der Waals surface area contributed by atoms with Gasteiger partial charge in [-0.25, -0.2) is 0 Å². The average molecular weight is 263 g/mol. The first kappa shape index (κ1) is 14.0. The summed E-state index contributed by atoms with van der Waals surface area (Å²) in [6.07, 6.45) is 3.79. The number of hydrogen-bond donors (Lipinski definition) is 1. The molecule has 0 aliphatic carbocycles. The van der Waals surface area contributed by atoms with Crippen LogP contribution in [0, 0.1) is 5.92 Å². The van der Waals surface area contributed by atoms with Gasteiger partial charge in [0.05, 0.1) is 0 Å². The maximum absolute atomic E-state index is 3.70. The van der Waals surface area contributed by atoms with Crippen LogP contribution in [0.4, 0.5) is 0 Å². The summed E-state index contributed by atoms with van der Waals surface area (Å²) in [7, 11) is 0. The minimum Gasteiger partial charge on any atom is -0.310 e. The Morgan fingerprint density at radius 1 is 1.39 bits per heavy atom. The van der Waals surface area contributed by atoms with E-state index in [1.807, 2.05) is 0 Å². The summed E-state index contributed by atoms with van der Waals surface area (Å²) in [6, 6.07) is 9.77. The zero-order valence-electron chi connectivity index (χ0n) is 11.6. The lowest BCUT2D eigenvalue weighted by Crippen LogP contribution is -2.28. The van der Waals surface area contributed by atoms with Crippen LogP contribution in [-0.4, -0.2) is 18.1 Å². The summed E-state index contributed by atoms with van der Waals surface area (Å²) in [6.45, 7) is 5.52. The molecule has 2 rings (SSSR count). The van der Waals surface area contributed by atoms with Crippen molar-refractivity contribution in [2.24, 2.45) is 5.92 Å². The standard InChI is InChI=1S/C16H25NS/c1-3-6-13-7-5-8-14(11-13)16(17-4-2)15-9-10-18-12-15/h5,7-8,11,15-17H,3-4,6,9-10,12H2,1-2H3. The van der Waals surface area contributed by atoms with Gasteiger partial charge in [0.25, 0.3) is 0 Å². The van der Waals surface area contributed by atoms with E-state index in [1.54, 1.807) is 0 Å². The van der Waals surface area contributed by atoms with E-state index in [-0.39, 0.29) is 0 Å². The Bertz CT molecular complexity index is 358. The van der Waals surface area contributed by atoms with Crippen LogP contribution in [0.5, 0.6) is 0 Å². The lowest BCUT2D eigenvalue weighted by Gasteiger charge is -2.24. The Balaban J connectivity index is 2.15. The Morgan fingerprint density at radius 2 is 2.28 bits per heavy atom. The molecule has 100 valence electrons. The van der Waals surface area contributed by atoms with Gasteiger partial charge in [0.2, 0.25) is 0 Å². The molecule has 1 N–H and O–H groups in total. The smallest absolute Gasteiger partial charge is 0.0356 e. The zero-order valence-corrected chi connectivity index (χ0v) is 12.4. The van der Waals surface area contributed by atoms with E-state index < -0.39 is 0 Å². The van der Waals surface area contributed by atoms with Crippen LogP contribution in [-0.2, 0) is 6.42 Å². The molecule has 1 aliphatic rings. The molecule has 1 aromatic rings. The third-order valence-electron chi connectivity index (χ3n) is 3.71. The van der Waals surface area contributed by atoms with Crippen molar-refractivity contribution in [3.63, 3.8) is 0 Å². The van der Waals surface area contributed by atoms with E-state index >= 15 is 0 Å². The molecule has 0 radical (unpaired) electrons. The van der Waals surface area contributed by atoms with E-state index in [1.165, 1.54) is 41.9 Å². The average Bonchev–Trinajstić information content (AvgIpc) is 2.90. The third kappa shape index (κ3) is 3.52. The summed E-state index contributed by atoms with van der Waals surface area (Å²) < 4.78 is 0. The van der Waals surface area contributed by atoms with E-state index in [2.05, 4.69) is 55.2 Å². The van der Waals surface area contributed by atoms with Crippen molar-refractivity contribution in [2.45, 2.75) is 39.2 Å². The maximum atomic E-state index is 3.70. The first-order valence-corrected chi connectivity index (χ1v) is 8.40. The second-order valence-electron chi connectivity index (χ2n) is 5.15. The Morgan fingerprint density at radius 3 is 2.94 bits per heavy atom. The number of rotatable bonds is 6. The Kier molecular flexibility index (Phi) is 5.58. The lowest BCUT2D eigenvalue weighted by molar-refractivity contribution is 0.401. The van der Waals surface area contributed by atoms with Gasteiger partial charge in [-0.3, -0.25) is 0 Å². The van der Waals surface area contributed by atoms with Crippen LogP contribution in [0.1, 0.15) is 43.9 Å². The van der Waals surface area contributed by atoms with Gasteiger partial charge in [0.1, 0.15) is 0 Å². The Hall–Kier alpha value is -0.470. The minimum absolute atomic E-state index is 0.557. The fourth-order valence-electron chi connectivity index (χ4n) is 2.82. The highest BCUT2D eigenvalue weighted by Gasteiger charge is 2.25. The van der Waals surface area contributed by atoms with Crippen molar-refractivity contribution in [2.75, 3.05) is 18.1 Å². The topological polar surface area (TPSA) is 12.0 Å². The molecule has 0 bridgehead atoms. The van der Waals surface area contributed by atoms with Crippen molar-refractivity contribution in [3.05, 3.63) is 35.4 Å². The number of thioether (sulfide) groups is 1. The van der Waals surface area contributed by atoms with Gasteiger partial charge in [-0.15, -0.1) is 0 Å². The zero-order chi connectivity index (χ0) is 12.8. The fraction of sp³-hybridized carbons (Fsp3) is 0.625. The molecule has 1 aliphatic heterocycles. The lowest BCUT2D eigenvalue weighted by atomic mass is 9.91. The molecule has 1 nitrogen and oxygen atoms in total.